The van der Waals surface area contributed by atoms with Crippen molar-refractivity contribution in [2.75, 3.05) is 13.2 Å². The van der Waals surface area contributed by atoms with E-state index in [9.17, 15) is 15.3 Å². The van der Waals surface area contributed by atoms with Crippen molar-refractivity contribution in [1.29, 1.82) is 0 Å². The molecule has 2 aliphatic rings. The lowest BCUT2D eigenvalue weighted by Crippen LogP contribution is -2.54. The SMILES string of the molecule is OC[C@H]1CC[C@H](O)[C@H]2[C@H](O)[C@@H](O)CN12. The number of fused-ring (bicyclic) bond motifs is 1. The zero-order valence-electron chi connectivity index (χ0n) is 7.95. The Morgan fingerprint density at radius 2 is 1.79 bits per heavy atom. The Morgan fingerprint density at radius 3 is 2.43 bits per heavy atom. The summed E-state index contributed by atoms with van der Waals surface area (Å²) in [6.07, 6.45) is -0.991. The highest BCUT2D eigenvalue weighted by molar-refractivity contribution is 5.02. The quantitative estimate of drug-likeness (QED) is 0.393. The maximum atomic E-state index is 9.69. The Labute approximate surface area is 82.6 Å². The Balaban J connectivity index is 2.15. The molecule has 0 amide bonds. The van der Waals surface area contributed by atoms with Crippen molar-refractivity contribution in [1.82, 2.24) is 4.90 Å². The van der Waals surface area contributed by atoms with Gasteiger partial charge in [0.15, 0.2) is 0 Å². The molecular weight excluding hydrogens is 186 g/mol. The van der Waals surface area contributed by atoms with Crippen molar-refractivity contribution < 1.29 is 20.4 Å². The van der Waals surface area contributed by atoms with Crippen LogP contribution in [0.3, 0.4) is 0 Å². The Hall–Kier alpha value is -0.200. The van der Waals surface area contributed by atoms with Gasteiger partial charge in [0.25, 0.3) is 0 Å². The van der Waals surface area contributed by atoms with E-state index in [0.717, 1.165) is 0 Å². The summed E-state index contributed by atoms with van der Waals surface area (Å²) in [6.45, 7) is 0.358. The summed E-state index contributed by atoms with van der Waals surface area (Å²) in [7, 11) is 0. The topological polar surface area (TPSA) is 84.2 Å². The molecule has 0 saturated carbocycles. The fourth-order valence-electron chi connectivity index (χ4n) is 2.61. The lowest BCUT2D eigenvalue weighted by molar-refractivity contribution is -0.0536. The minimum absolute atomic E-state index is 0.0165. The first-order chi connectivity index (χ1) is 6.65. The molecule has 0 aliphatic carbocycles. The molecule has 2 aliphatic heterocycles. The van der Waals surface area contributed by atoms with Crippen LogP contribution >= 0.6 is 0 Å². The Kier molecular flexibility index (Phi) is 2.77. The first kappa shape index (κ1) is 10.3. The monoisotopic (exact) mass is 203 g/mol. The molecule has 5 heteroatoms. The molecule has 0 radical (unpaired) electrons. The minimum atomic E-state index is -0.889. The molecule has 5 nitrogen and oxygen atoms in total. The highest BCUT2D eigenvalue weighted by Gasteiger charge is 2.48. The van der Waals surface area contributed by atoms with E-state index < -0.39 is 24.4 Å². The van der Waals surface area contributed by atoms with Crippen LogP contribution in [-0.2, 0) is 0 Å². The van der Waals surface area contributed by atoms with Gasteiger partial charge in [0, 0.05) is 12.6 Å². The van der Waals surface area contributed by atoms with Gasteiger partial charge in [0.2, 0.25) is 0 Å². The van der Waals surface area contributed by atoms with E-state index in [4.69, 9.17) is 5.11 Å². The fourth-order valence-corrected chi connectivity index (χ4v) is 2.61. The van der Waals surface area contributed by atoms with Crippen LogP contribution in [-0.4, -0.2) is 68.9 Å². The van der Waals surface area contributed by atoms with Gasteiger partial charge < -0.3 is 20.4 Å². The predicted molar refractivity (Wildman–Crippen MR) is 48.6 cm³/mol. The van der Waals surface area contributed by atoms with Crippen LogP contribution in [0.15, 0.2) is 0 Å². The normalized spacial score (nSPS) is 49.3. The van der Waals surface area contributed by atoms with E-state index in [1.54, 1.807) is 0 Å². The molecule has 0 aromatic carbocycles. The van der Waals surface area contributed by atoms with Gasteiger partial charge in [-0.3, -0.25) is 4.90 Å². The number of piperidine rings is 1. The number of aliphatic hydroxyl groups excluding tert-OH is 4. The third-order valence-corrected chi connectivity index (χ3v) is 3.39. The highest BCUT2D eigenvalue weighted by Crippen LogP contribution is 2.31. The third-order valence-electron chi connectivity index (χ3n) is 3.39. The summed E-state index contributed by atoms with van der Waals surface area (Å²) in [5.41, 5.74) is 0. The molecular formula is C9H17NO4. The zero-order valence-corrected chi connectivity index (χ0v) is 7.95. The molecule has 2 rings (SSSR count). The number of hydrogen-bond donors (Lipinski definition) is 4. The second-order valence-electron chi connectivity index (χ2n) is 4.23. The molecule has 5 atom stereocenters. The van der Waals surface area contributed by atoms with Crippen LogP contribution in [0.25, 0.3) is 0 Å². The van der Waals surface area contributed by atoms with Crippen molar-refractivity contribution in [2.45, 2.75) is 43.2 Å². The van der Waals surface area contributed by atoms with E-state index in [1.165, 1.54) is 0 Å². The lowest BCUT2D eigenvalue weighted by atomic mass is 9.93. The molecule has 2 heterocycles. The molecule has 2 fully saturated rings. The van der Waals surface area contributed by atoms with E-state index in [-0.39, 0.29) is 12.6 Å². The molecule has 4 N–H and O–H groups in total. The molecule has 82 valence electrons. The van der Waals surface area contributed by atoms with Gasteiger partial charge in [-0.15, -0.1) is 0 Å². The van der Waals surface area contributed by atoms with Crippen LogP contribution in [0.4, 0.5) is 0 Å². The summed E-state index contributed by atoms with van der Waals surface area (Å²) in [6, 6.07) is -0.439. The lowest BCUT2D eigenvalue weighted by Gasteiger charge is -2.40. The summed E-state index contributed by atoms with van der Waals surface area (Å²) >= 11 is 0. The van der Waals surface area contributed by atoms with Gasteiger partial charge in [-0.05, 0) is 12.8 Å². The van der Waals surface area contributed by atoms with Crippen molar-refractivity contribution in [3.63, 3.8) is 0 Å². The van der Waals surface area contributed by atoms with Gasteiger partial charge in [-0.25, -0.2) is 0 Å². The predicted octanol–water partition coefficient (Wildman–Crippen LogP) is -2.09. The largest absolute Gasteiger partial charge is 0.395 e. The number of nitrogens with zero attached hydrogens (tertiary/aromatic N) is 1. The fraction of sp³-hybridized carbons (Fsp3) is 1.00. The molecule has 0 aromatic rings. The van der Waals surface area contributed by atoms with Crippen molar-refractivity contribution in [3.05, 3.63) is 0 Å². The van der Waals surface area contributed by atoms with Gasteiger partial charge in [0.05, 0.1) is 31.0 Å². The van der Waals surface area contributed by atoms with Gasteiger partial charge >= 0.3 is 0 Å². The first-order valence-corrected chi connectivity index (χ1v) is 5.06. The maximum Gasteiger partial charge on any atom is 0.0991 e. The average molecular weight is 203 g/mol. The standard InChI is InChI=1S/C9H17NO4/c11-4-5-1-2-6(12)8-9(14)7(13)3-10(5)8/h5-9,11-14H,1-4H2/t5-,6+,7+,8+,9-/m1/s1. The van der Waals surface area contributed by atoms with Crippen LogP contribution in [0.2, 0.25) is 0 Å². The summed E-state index contributed by atoms with van der Waals surface area (Å²) in [5, 5.41) is 37.9. The Bertz CT molecular complexity index is 213. The van der Waals surface area contributed by atoms with Crippen LogP contribution in [0, 0.1) is 0 Å². The summed E-state index contributed by atoms with van der Waals surface area (Å²) in [5.74, 6) is 0. The smallest absolute Gasteiger partial charge is 0.0991 e. The highest BCUT2D eigenvalue weighted by atomic mass is 16.3. The van der Waals surface area contributed by atoms with E-state index in [2.05, 4.69) is 0 Å². The first-order valence-electron chi connectivity index (χ1n) is 5.06. The average Bonchev–Trinajstić information content (AvgIpc) is 2.45. The van der Waals surface area contributed by atoms with Gasteiger partial charge in [-0.2, -0.15) is 0 Å². The van der Waals surface area contributed by atoms with E-state index in [0.29, 0.717) is 19.4 Å². The Morgan fingerprint density at radius 1 is 1.07 bits per heavy atom. The second kappa shape index (κ2) is 3.75. The number of aliphatic hydroxyl groups is 4. The van der Waals surface area contributed by atoms with Crippen molar-refractivity contribution in [3.8, 4) is 0 Å². The number of hydrogen-bond acceptors (Lipinski definition) is 5. The molecule has 0 aromatic heterocycles. The maximum absolute atomic E-state index is 9.69. The van der Waals surface area contributed by atoms with Crippen LogP contribution in [0.1, 0.15) is 12.8 Å². The summed E-state index contributed by atoms with van der Waals surface area (Å²) < 4.78 is 0. The second-order valence-corrected chi connectivity index (χ2v) is 4.23. The van der Waals surface area contributed by atoms with Gasteiger partial charge in [-0.1, -0.05) is 0 Å². The molecule has 14 heavy (non-hydrogen) atoms. The number of rotatable bonds is 1. The van der Waals surface area contributed by atoms with E-state index >= 15 is 0 Å². The van der Waals surface area contributed by atoms with Crippen molar-refractivity contribution >= 4 is 0 Å². The van der Waals surface area contributed by atoms with Crippen LogP contribution in [0.5, 0.6) is 0 Å². The summed E-state index contributed by atoms with van der Waals surface area (Å²) in [4.78, 5) is 1.82. The molecule has 0 spiro atoms. The third kappa shape index (κ3) is 1.45. The zero-order chi connectivity index (χ0) is 10.3. The van der Waals surface area contributed by atoms with Crippen molar-refractivity contribution in [2.24, 2.45) is 0 Å². The molecule has 2 saturated heterocycles. The minimum Gasteiger partial charge on any atom is -0.395 e. The molecule has 0 bridgehead atoms. The van der Waals surface area contributed by atoms with E-state index in [1.807, 2.05) is 4.90 Å². The van der Waals surface area contributed by atoms with Gasteiger partial charge in [0.1, 0.15) is 0 Å². The molecule has 0 unspecified atom stereocenters. The van der Waals surface area contributed by atoms with Crippen LogP contribution < -0.4 is 0 Å².